The molecule has 0 saturated heterocycles. The molecule has 2 aromatic carbocycles. The maximum Gasteiger partial charge on any atom is 0.127 e. The predicted molar refractivity (Wildman–Crippen MR) is 73.2 cm³/mol. The molecular formula is C15H15ClFN. The fourth-order valence-electron chi connectivity index (χ4n) is 1.94. The molecule has 0 saturated carbocycles. The van der Waals surface area contributed by atoms with Gasteiger partial charge in [0.15, 0.2) is 0 Å². The van der Waals surface area contributed by atoms with Crippen molar-refractivity contribution in [3.8, 4) is 0 Å². The molecule has 3 heteroatoms. The van der Waals surface area contributed by atoms with E-state index in [0.29, 0.717) is 17.0 Å². The molecule has 0 aliphatic carbocycles. The van der Waals surface area contributed by atoms with Gasteiger partial charge in [0, 0.05) is 11.1 Å². The minimum absolute atomic E-state index is 0.223. The summed E-state index contributed by atoms with van der Waals surface area (Å²) in [6.45, 7) is 1.71. The zero-order valence-electron chi connectivity index (χ0n) is 10.2. The van der Waals surface area contributed by atoms with Gasteiger partial charge in [-0.1, -0.05) is 48.0 Å². The molecule has 0 aromatic heterocycles. The third-order valence-electron chi connectivity index (χ3n) is 2.98. The highest BCUT2D eigenvalue weighted by atomic mass is 35.5. The van der Waals surface area contributed by atoms with E-state index in [1.54, 1.807) is 13.0 Å². The van der Waals surface area contributed by atoms with Gasteiger partial charge in [0.25, 0.3) is 0 Å². The molecule has 1 nitrogen and oxygen atoms in total. The Kier molecular flexibility index (Phi) is 4.00. The highest BCUT2D eigenvalue weighted by Crippen LogP contribution is 2.26. The molecule has 2 N–H and O–H groups in total. The molecule has 0 aliphatic heterocycles. The Balaban J connectivity index is 2.24. The summed E-state index contributed by atoms with van der Waals surface area (Å²) < 4.78 is 13.3. The Bertz CT molecular complexity index is 540. The van der Waals surface area contributed by atoms with Gasteiger partial charge in [-0.25, -0.2) is 4.39 Å². The SMILES string of the molecule is Cc1cc(C(N)Cc2ccccc2)c(Cl)cc1F. The van der Waals surface area contributed by atoms with E-state index in [9.17, 15) is 4.39 Å². The number of hydrogen-bond donors (Lipinski definition) is 1. The van der Waals surface area contributed by atoms with Crippen LogP contribution in [0.4, 0.5) is 4.39 Å². The third-order valence-corrected chi connectivity index (χ3v) is 3.30. The maximum absolute atomic E-state index is 13.3. The fraction of sp³-hybridized carbons (Fsp3) is 0.200. The Morgan fingerprint density at radius 2 is 1.89 bits per heavy atom. The van der Waals surface area contributed by atoms with Crippen molar-refractivity contribution in [2.45, 2.75) is 19.4 Å². The molecule has 94 valence electrons. The lowest BCUT2D eigenvalue weighted by Crippen LogP contribution is -2.14. The van der Waals surface area contributed by atoms with Crippen molar-refractivity contribution in [2.24, 2.45) is 5.73 Å². The van der Waals surface area contributed by atoms with Gasteiger partial charge in [-0.2, -0.15) is 0 Å². The first kappa shape index (κ1) is 13.1. The van der Waals surface area contributed by atoms with Crippen molar-refractivity contribution in [3.63, 3.8) is 0 Å². The minimum atomic E-state index is -0.296. The Morgan fingerprint density at radius 1 is 1.22 bits per heavy atom. The average molecular weight is 264 g/mol. The van der Waals surface area contributed by atoms with Gasteiger partial charge in [-0.05, 0) is 36.1 Å². The number of benzene rings is 2. The number of rotatable bonds is 3. The molecule has 0 radical (unpaired) electrons. The van der Waals surface area contributed by atoms with Gasteiger partial charge in [0.1, 0.15) is 5.82 Å². The fourth-order valence-corrected chi connectivity index (χ4v) is 2.23. The van der Waals surface area contributed by atoms with Gasteiger partial charge < -0.3 is 5.73 Å². The van der Waals surface area contributed by atoms with E-state index in [0.717, 1.165) is 11.1 Å². The van der Waals surface area contributed by atoms with E-state index in [2.05, 4.69) is 0 Å². The van der Waals surface area contributed by atoms with Crippen LogP contribution in [0.15, 0.2) is 42.5 Å². The molecule has 2 rings (SSSR count). The van der Waals surface area contributed by atoms with E-state index >= 15 is 0 Å². The average Bonchev–Trinajstić information content (AvgIpc) is 2.35. The normalized spacial score (nSPS) is 12.4. The lowest BCUT2D eigenvalue weighted by Gasteiger charge is -2.15. The summed E-state index contributed by atoms with van der Waals surface area (Å²) in [4.78, 5) is 0. The molecule has 0 heterocycles. The minimum Gasteiger partial charge on any atom is -0.324 e. The van der Waals surface area contributed by atoms with Crippen molar-refractivity contribution in [3.05, 3.63) is 70.0 Å². The number of nitrogens with two attached hydrogens (primary N) is 1. The summed E-state index contributed by atoms with van der Waals surface area (Å²) in [5.74, 6) is -0.296. The summed E-state index contributed by atoms with van der Waals surface area (Å²) in [5.41, 5.74) is 8.64. The van der Waals surface area contributed by atoms with Crippen LogP contribution in [-0.4, -0.2) is 0 Å². The molecule has 2 aromatic rings. The first-order valence-corrected chi connectivity index (χ1v) is 6.21. The summed E-state index contributed by atoms with van der Waals surface area (Å²) in [7, 11) is 0. The van der Waals surface area contributed by atoms with Crippen LogP contribution in [-0.2, 0) is 6.42 Å². The zero-order chi connectivity index (χ0) is 13.1. The monoisotopic (exact) mass is 263 g/mol. The molecular weight excluding hydrogens is 249 g/mol. The quantitative estimate of drug-likeness (QED) is 0.889. The second kappa shape index (κ2) is 5.51. The van der Waals surface area contributed by atoms with Crippen LogP contribution in [0.5, 0.6) is 0 Å². The molecule has 0 amide bonds. The van der Waals surface area contributed by atoms with E-state index in [4.69, 9.17) is 17.3 Å². The zero-order valence-corrected chi connectivity index (χ0v) is 10.9. The van der Waals surface area contributed by atoms with Crippen LogP contribution < -0.4 is 5.73 Å². The standard InChI is InChI=1S/C15H15ClFN/c1-10-7-12(13(16)9-14(10)17)15(18)8-11-5-3-2-4-6-11/h2-7,9,15H,8,18H2,1H3. The first-order valence-electron chi connectivity index (χ1n) is 5.83. The second-order valence-corrected chi connectivity index (χ2v) is 4.83. The maximum atomic E-state index is 13.3. The topological polar surface area (TPSA) is 26.0 Å². The van der Waals surface area contributed by atoms with Crippen molar-refractivity contribution in [2.75, 3.05) is 0 Å². The van der Waals surface area contributed by atoms with Gasteiger partial charge in [0.2, 0.25) is 0 Å². The van der Waals surface area contributed by atoms with Crippen molar-refractivity contribution >= 4 is 11.6 Å². The highest BCUT2D eigenvalue weighted by molar-refractivity contribution is 6.31. The van der Waals surface area contributed by atoms with Crippen molar-refractivity contribution in [1.29, 1.82) is 0 Å². The van der Waals surface area contributed by atoms with Crippen LogP contribution in [0.25, 0.3) is 0 Å². The van der Waals surface area contributed by atoms with E-state index in [1.807, 2.05) is 30.3 Å². The predicted octanol–water partition coefficient (Wildman–Crippen LogP) is 4.03. The summed E-state index contributed by atoms with van der Waals surface area (Å²) in [6, 6.07) is 12.8. The molecule has 0 spiro atoms. The van der Waals surface area contributed by atoms with E-state index < -0.39 is 0 Å². The largest absolute Gasteiger partial charge is 0.324 e. The van der Waals surface area contributed by atoms with Gasteiger partial charge in [-0.15, -0.1) is 0 Å². The van der Waals surface area contributed by atoms with Crippen LogP contribution >= 0.6 is 11.6 Å². The lowest BCUT2D eigenvalue weighted by molar-refractivity contribution is 0.615. The molecule has 0 fully saturated rings. The van der Waals surface area contributed by atoms with Crippen molar-refractivity contribution < 1.29 is 4.39 Å². The van der Waals surface area contributed by atoms with Gasteiger partial charge in [0.05, 0.1) is 0 Å². The van der Waals surface area contributed by atoms with Crippen LogP contribution in [0, 0.1) is 12.7 Å². The molecule has 0 bridgehead atoms. The Morgan fingerprint density at radius 3 is 2.56 bits per heavy atom. The number of aryl methyl sites for hydroxylation is 1. The van der Waals surface area contributed by atoms with Gasteiger partial charge >= 0.3 is 0 Å². The highest BCUT2D eigenvalue weighted by Gasteiger charge is 2.13. The van der Waals surface area contributed by atoms with E-state index in [1.165, 1.54) is 6.07 Å². The van der Waals surface area contributed by atoms with Crippen molar-refractivity contribution in [1.82, 2.24) is 0 Å². The number of halogens is 2. The Labute approximate surface area is 111 Å². The summed E-state index contributed by atoms with van der Waals surface area (Å²) in [5, 5.41) is 0.390. The second-order valence-electron chi connectivity index (χ2n) is 4.42. The summed E-state index contributed by atoms with van der Waals surface area (Å²) in [6.07, 6.45) is 0.686. The summed E-state index contributed by atoms with van der Waals surface area (Å²) >= 11 is 6.04. The van der Waals surface area contributed by atoms with Gasteiger partial charge in [-0.3, -0.25) is 0 Å². The lowest BCUT2D eigenvalue weighted by atomic mass is 9.98. The molecule has 0 aliphatic rings. The van der Waals surface area contributed by atoms with Crippen LogP contribution in [0.3, 0.4) is 0 Å². The molecule has 1 atom stereocenters. The smallest absolute Gasteiger partial charge is 0.127 e. The number of hydrogen-bond acceptors (Lipinski definition) is 1. The third kappa shape index (κ3) is 2.89. The molecule has 1 unspecified atom stereocenters. The first-order chi connectivity index (χ1) is 8.58. The van der Waals surface area contributed by atoms with Crippen LogP contribution in [0.1, 0.15) is 22.7 Å². The van der Waals surface area contributed by atoms with Crippen LogP contribution in [0.2, 0.25) is 5.02 Å². The molecule has 18 heavy (non-hydrogen) atoms. The Hall–Kier alpha value is -1.38. The van der Waals surface area contributed by atoms with E-state index in [-0.39, 0.29) is 11.9 Å².